The second kappa shape index (κ2) is 12.4. The molecule has 0 aromatic heterocycles. The monoisotopic (exact) mass is 225 g/mol. The van der Waals surface area contributed by atoms with E-state index in [1.54, 1.807) is 6.26 Å². The zero-order valence-electron chi connectivity index (χ0n) is 11.0. The van der Waals surface area contributed by atoms with Gasteiger partial charge in [0.05, 0.1) is 0 Å². The molecule has 0 spiro atoms. The molecule has 0 aliphatic rings. The van der Waals surface area contributed by atoms with Gasteiger partial charge in [0.25, 0.3) is 6.26 Å². The Morgan fingerprint density at radius 1 is 0.875 bits per heavy atom. The number of unbranched alkanes of at least 4 members (excludes halogenated alkanes) is 7. The van der Waals surface area contributed by atoms with Crippen molar-refractivity contribution in [3.05, 3.63) is 0 Å². The van der Waals surface area contributed by atoms with Crippen LogP contribution >= 0.6 is 0 Å². The smallest absolute Gasteiger partial charge is 0.286 e. The highest BCUT2D eigenvalue weighted by atomic mass is 16.5. The van der Waals surface area contributed by atoms with E-state index >= 15 is 0 Å². The Labute approximate surface area is 101 Å². The fourth-order valence-electron chi connectivity index (χ4n) is 1.83. The summed E-state index contributed by atoms with van der Waals surface area (Å²) >= 11 is 0. The normalized spacial score (nSPS) is 10.4. The second-order valence-electron chi connectivity index (χ2n) is 4.95. The van der Waals surface area contributed by atoms with Crippen molar-refractivity contribution >= 4 is 0 Å². The minimum atomic E-state index is 0.602. The fourth-order valence-corrected chi connectivity index (χ4v) is 1.83. The standard InChI is InChI=1S/C14H27NO/c1-14(2)11-9-7-5-3-4-6-8-10-12-16-13-15/h14H,3-12H2,1-2H3. The Morgan fingerprint density at radius 3 is 1.88 bits per heavy atom. The van der Waals surface area contributed by atoms with Gasteiger partial charge in [-0.25, -0.2) is 0 Å². The van der Waals surface area contributed by atoms with Gasteiger partial charge in [-0.05, 0) is 12.3 Å². The van der Waals surface area contributed by atoms with Gasteiger partial charge in [-0.3, -0.25) is 0 Å². The maximum atomic E-state index is 8.16. The van der Waals surface area contributed by atoms with Crippen LogP contribution < -0.4 is 0 Å². The van der Waals surface area contributed by atoms with Crippen LogP contribution in [0, 0.1) is 17.4 Å². The Balaban J connectivity index is 2.91. The van der Waals surface area contributed by atoms with Crippen LogP contribution in [0.1, 0.15) is 71.6 Å². The lowest BCUT2D eigenvalue weighted by molar-refractivity contribution is 0.260. The quantitative estimate of drug-likeness (QED) is 0.379. The molecular weight excluding hydrogens is 198 g/mol. The Hall–Kier alpha value is -0.710. The summed E-state index contributed by atoms with van der Waals surface area (Å²) in [5, 5.41) is 8.16. The molecule has 0 radical (unpaired) electrons. The largest absolute Gasteiger partial charge is 0.428 e. The SMILES string of the molecule is CC(C)CCCCCCCCCCOC#N. The first-order chi connectivity index (χ1) is 7.77. The molecule has 0 saturated carbocycles. The maximum Gasteiger partial charge on any atom is 0.286 e. The molecule has 0 bridgehead atoms. The molecule has 0 aromatic carbocycles. The Kier molecular flexibility index (Phi) is 11.8. The van der Waals surface area contributed by atoms with E-state index in [9.17, 15) is 0 Å². The second-order valence-corrected chi connectivity index (χ2v) is 4.95. The third-order valence-electron chi connectivity index (χ3n) is 2.84. The first kappa shape index (κ1) is 15.3. The molecule has 0 aliphatic heterocycles. The first-order valence-electron chi connectivity index (χ1n) is 6.78. The molecule has 0 rings (SSSR count). The van der Waals surface area contributed by atoms with Crippen LogP contribution in [-0.4, -0.2) is 6.61 Å². The zero-order valence-corrected chi connectivity index (χ0v) is 11.0. The summed E-state index contributed by atoms with van der Waals surface area (Å²) < 4.78 is 4.62. The van der Waals surface area contributed by atoms with Crippen molar-refractivity contribution in [3.8, 4) is 6.26 Å². The minimum Gasteiger partial charge on any atom is -0.428 e. The number of hydrogen-bond acceptors (Lipinski definition) is 2. The molecule has 2 heteroatoms. The van der Waals surface area contributed by atoms with E-state index in [4.69, 9.17) is 5.26 Å². The van der Waals surface area contributed by atoms with Crippen LogP contribution in [-0.2, 0) is 4.74 Å². The summed E-state index contributed by atoms with van der Waals surface area (Å²) in [7, 11) is 0. The highest BCUT2D eigenvalue weighted by molar-refractivity contribution is 4.51. The number of rotatable bonds is 11. The van der Waals surface area contributed by atoms with Gasteiger partial charge in [0.2, 0.25) is 0 Å². The highest BCUT2D eigenvalue weighted by Gasteiger charge is 1.95. The molecule has 16 heavy (non-hydrogen) atoms. The average molecular weight is 225 g/mol. The van der Waals surface area contributed by atoms with Gasteiger partial charge in [-0.15, -0.1) is 0 Å². The van der Waals surface area contributed by atoms with E-state index in [1.807, 2.05) is 0 Å². The molecule has 94 valence electrons. The Morgan fingerprint density at radius 2 is 1.38 bits per heavy atom. The molecule has 0 fully saturated rings. The predicted molar refractivity (Wildman–Crippen MR) is 68.0 cm³/mol. The first-order valence-corrected chi connectivity index (χ1v) is 6.78. The molecule has 0 saturated heterocycles. The predicted octanol–water partition coefficient (Wildman–Crippen LogP) is 4.65. The summed E-state index contributed by atoms with van der Waals surface area (Å²) in [6.45, 7) is 5.19. The molecule has 0 unspecified atom stereocenters. The van der Waals surface area contributed by atoms with Crippen molar-refractivity contribution in [2.45, 2.75) is 71.6 Å². The van der Waals surface area contributed by atoms with Crippen molar-refractivity contribution in [1.29, 1.82) is 5.26 Å². The molecular formula is C14H27NO. The third-order valence-corrected chi connectivity index (χ3v) is 2.84. The summed E-state index contributed by atoms with van der Waals surface area (Å²) in [6.07, 6.45) is 13.5. The van der Waals surface area contributed by atoms with E-state index < -0.39 is 0 Å². The van der Waals surface area contributed by atoms with Gasteiger partial charge < -0.3 is 4.74 Å². The van der Waals surface area contributed by atoms with Crippen LogP contribution in [0.25, 0.3) is 0 Å². The molecule has 0 N–H and O–H groups in total. The van der Waals surface area contributed by atoms with Crippen molar-refractivity contribution in [3.63, 3.8) is 0 Å². The lowest BCUT2D eigenvalue weighted by Crippen LogP contribution is -1.89. The number of hydrogen-bond donors (Lipinski definition) is 0. The molecule has 0 atom stereocenters. The van der Waals surface area contributed by atoms with E-state index in [1.165, 1.54) is 51.4 Å². The van der Waals surface area contributed by atoms with Crippen LogP contribution in [0.4, 0.5) is 0 Å². The third kappa shape index (κ3) is 13.3. The van der Waals surface area contributed by atoms with E-state index in [2.05, 4.69) is 18.6 Å². The lowest BCUT2D eigenvalue weighted by Gasteiger charge is -2.04. The van der Waals surface area contributed by atoms with Crippen molar-refractivity contribution in [2.75, 3.05) is 6.61 Å². The van der Waals surface area contributed by atoms with Crippen LogP contribution in [0.2, 0.25) is 0 Å². The van der Waals surface area contributed by atoms with Gasteiger partial charge in [0.1, 0.15) is 6.61 Å². The van der Waals surface area contributed by atoms with Crippen LogP contribution in [0.5, 0.6) is 0 Å². The van der Waals surface area contributed by atoms with Crippen LogP contribution in [0.3, 0.4) is 0 Å². The molecule has 0 aliphatic carbocycles. The molecule has 0 heterocycles. The summed E-state index contributed by atoms with van der Waals surface area (Å²) in [4.78, 5) is 0. The van der Waals surface area contributed by atoms with Gasteiger partial charge in [0, 0.05) is 0 Å². The number of nitriles is 1. The van der Waals surface area contributed by atoms with E-state index in [0.717, 1.165) is 12.3 Å². The number of ether oxygens (including phenoxy) is 1. The van der Waals surface area contributed by atoms with Gasteiger partial charge in [0.15, 0.2) is 0 Å². The van der Waals surface area contributed by atoms with Crippen LogP contribution in [0.15, 0.2) is 0 Å². The topological polar surface area (TPSA) is 33.0 Å². The molecule has 0 amide bonds. The van der Waals surface area contributed by atoms with E-state index in [0.29, 0.717) is 6.61 Å². The lowest BCUT2D eigenvalue weighted by atomic mass is 10.0. The average Bonchev–Trinajstić information content (AvgIpc) is 2.25. The Bertz CT molecular complexity index is 172. The van der Waals surface area contributed by atoms with Crippen molar-refractivity contribution < 1.29 is 4.74 Å². The van der Waals surface area contributed by atoms with E-state index in [-0.39, 0.29) is 0 Å². The van der Waals surface area contributed by atoms with Gasteiger partial charge in [-0.1, -0.05) is 65.2 Å². The van der Waals surface area contributed by atoms with Gasteiger partial charge in [-0.2, -0.15) is 5.26 Å². The summed E-state index contributed by atoms with van der Waals surface area (Å²) in [5.74, 6) is 0.861. The molecule has 2 nitrogen and oxygen atoms in total. The molecule has 0 aromatic rings. The fraction of sp³-hybridized carbons (Fsp3) is 0.929. The van der Waals surface area contributed by atoms with Crippen molar-refractivity contribution in [1.82, 2.24) is 0 Å². The number of nitrogens with zero attached hydrogens (tertiary/aromatic N) is 1. The minimum absolute atomic E-state index is 0.602. The van der Waals surface area contributed by atoms with Crippen molar-refractivity contribution in [2.24, 2.45) is 5.92 Å². The summed E-state index contributed by atoms with van der Waals surface area (Å²) in [6, 6.07) is 0. The summed E-state index contributed by atoms with van der Waals surface area (Å²) in [5.41, 5.74) is 0. The van der Waals surface area contributed by atoms with Gasteiger partial charge >= 0.3 is 0 Å². The zero-order chi connectivity index (χ0) is 12.1. The maximum absolute atomic E-state index is 8.16. The highest BCUT2D eigenvalue weighted by Crippen LogP contribution is 2.12.